The SMILES string of the molecule is CCc1cc2c(=O)n(CC(=O)Nc3cccc(Cl)c3C)c(=S)[nH]c2s1. The molecule has 0 aliphatic rings. The highest BCUT2D eigenvalue weighted by Gasteiger charge is 2.13. The number of halogens is 1. The average molecular weight is 394 g/mol. The summed E-state index contributed by atoms with van der Waals surface area (Å²) in [5.74, 6) is -0.336. The first-order valence-electron chi connectivity index (χ1n) is 7.71. The molecule has 0 fully saturated rings. The molecule has 25 heavy (non-hydrogen) atoms. The second-order valence-electron chi connectivity index (χ2n) is 5.59. The second kappa shape index (κ2) is 7.11. The van der Waals surface area contributed by atoms with Gasteiger partial charge in [0.15, 0.2) is 4.77 Å². The van der Waals surface area contributed by atoms with Crippen molar-refractivity contribution in [1.82, 2.24) is 9.55 Å². The van der Waals surface area contributed by atoms with Crippen LogP contribution in [0.15, 0.2) is 29.1 Å². The minimum Gasteiger partial charge on any atom is -0.324 e. The van der Waals surface area contributed by atoms with E-state index >= 15 is 0 Å². The van der Waals surface area contributed by atoms with Crippen LogP contribution in [-0.2, 0) is 17.8 Å². The van der Waals surface area contributed by atoms with Crippen LogP contribution in [-0.4, -0.2) is 15.5 Å². The fraction of sp³-hybridized carbons (Fsp3) is 0.235. The Hall–Kier alpha value is -1.96. The first-order chi connectivity index (χ1) is 11.9. The first kappa shape index (κ1) is 17.8. The molecule has 0 unspecified atom stereocenters. The van der Waals surface area contributed by atoms with E-state index in [2.05, 4.69) is 10.3 Å². The van der Waals surface area contributed by atoms with E-state index in [9.17, 15) is 9.59 Å². The summed E-state index contributed by atoms with van der Waals surface area (Å²) in [4.78, 5) is 29.9. The van der Waals surface area contributed by atoms with E-state index in [1.165, 1.54) is 15.9 Å². The van der Waals surface area contributed by atoms with Crippen molar-refractivity contribution in [3.8, 4) is 0 Å². The van der Waals surface area contributed by atoms with E-state index in [0.29, 0.717) is 16.1 Å². The number of aromatic nitrogens is 2. The summed E-state index contributed by atoms with van der Waals surface area (Å²) in [5.41, 5.74) is 1.13. The van der Waals surface area contributed by atoms with E-state index in [1.807, 2.05) is 19.9 Å². The first-order valence-corrected chi connectivity index (χ1v) is 9.31. The summed E-state index contributed by atoms with van der Waals surface area (Å²) in [6, 6.07) is 7.12. The Morgan fingerprint density at radius 3 is 2.92 bits per heavy atom. The Morgan fingerprint density at radius 2 is 2.20 bits per heavy atom. The van der Waals surface area contributed by atoms with Crippen LogP contribution in [0, 0.1) is 11.7 Å². The number of thiophene rings is 1. The number of nitrogens with zero attached hydrogens (tertiary/aromatic N) is 1. The topological polar surface area (TPSA) is 66.9 Å². The van der Waals surface area contributed by atoms with Gasteiger partial charge in [0.25, 0.3) is 5.56 Å². The van der Waals surface area contributed by atoms with Gasteiger partial charge in [0.2, 0.25) is 5.91 Å². The number of aromatic amines is 1. The zero-order chi connectivity index (χ0) is 18.1. The molecule has 1 aromatic carbocycles. The summed E-state index contributed by atoms with van der Waals surface area (Å²) in [6.45, 7) is 3.69. The maximum atomic E-state index is 12.7. The predicted octanol–water partition coefficient (Wildman–Crippen LogP) is 4.28. The number of nitrogens with one attached hydrogen (secondary N) is 2. The van der Waals surface area contributed by atoms with Crippen LogP contribution in [0.2, 0.25) is 5.02 Å². The van der Waals surface area contributed by atoms with Crippen LogP contribution in [0.5, 0.6) is 0 Å². The highest BCUT2D eigenvalue weighted by atomic mass is 35.5. The Labute approximate surface area is 158 Å². The molecule has 0 saturated heterocycles. The standard InChI is InChI=1S/C17H16ClN3O2S2/c1-3-10-7-11-15(25-10)20-17(24)21(16(11)23)8-14(22)19-13-6-4-5-12(18)9(13)2/h4-7H,3,8H2,1-2H3,(H,19,22)(H,20,24). The lowest BCUT2D eigenvalue weighted by Gasteiger charge is -2.10. The molecule has 8 heteroatoms. The molecule has 0 saturated carbocycles. The summed E-state index contributed by atoms with van der Waals surface area (Å²) in [5, 5.41) is 3.90. The highest BCUT2D eigenvalue weighted by molar-refractivity contribution is 7.71. The van der Waals surface area contributed by atoms with Gasteiger partial charge in [-0.25, -0.2) is 0 Å². The largest absolute Gasteiger partial charge is 0.324 e. The molecule has 3 aromatic rings. The number of aryl methyl sites for hydroxylation is 1. The summed E-state index contributed by atoms with van der Waals surface area (Å²) in [7, 11) is 0. The summed E-state index contributed by atoms with van der Waals surface area (Å²) < 4.78 is 1.51. The number of anilines is 1. The normalized spacial score (nSPS) is 11.0. The van der Waals surface area contributed by atoms with Crippen LogP contribution in [0.3, 0.4) is 0 Å². The third-order valence-corrected chi connectivity index (χ3v) is 5.84. The van der Waals surface area contributed by atoms with E-state index in [4.69, 9.17) is 23.8 Å². The molecule has 130 valence electrons. The highest BCUT2D eigenvalue weighted by Crippen LogP contribution is 2.23. The molecule has 0 aliphatic heterocycles. The average Bonchev–Trinajstić information content (AvgIpc) is 2.99. The number of fused-ring (bicyclic) bond motifs is 1. The number of hydrogen-bond donors (Lipinski definition) is 2. The fourth-order valence-electron chi connectivity index (χ4n) is 2.49. The Morgan fingerprint density at radius 1 is 1.44 bits per heavy atom. The molecule has 0 spiro atoms. The van der Waals surface area contributed by atoms with Gasteiger partial charge in [-0.1, -0.05) is 24.6 Å². The molecule has 2 heterocycles. The monoisotopic (exact) mass is 393 g/mol. The third kappa shape index (κ3) is 3.53. The number of hydrogen-bond acceptors (Lipinski definition) is 4. The molecule has 1 amide bonds. The number of benzene rings is 1. The Kier molecular flexibility index (Phi) is 5.08. The van der Waals surface area contributed by atoms with E-state index < -0.39 is 0 Å². The van der Waals surface area contributed by atoms with Gasteiger partial charge in [-0.15, -0.1) is 11.3 Å². The van der Waals surface area contributed by atoms with E-state index in [1.54, 1.807) is 18.2 Å². The third-order valence-electron chi connectivity index (χ3n) is 3.92. The number of carbonyl (C=O) groups excluding carboxylic acids is 1. The number of H-pyrrole nitrogens is 1. The van der Waals surface area contributed by atoms with Crippen molar-refractivity contribution < 1.29 is 4.79 Å². The van der Waals surface area contributed by atoms with Crippen molar-refractivity contribution in [2.45, 2.75) is 26.8 Å². The van der Waals surface area contributed by atoms with Gasteiger partial charge in [-0.05, 0) is 49.3 Å². The summed E-state index contributed by atoms with van der Waals surface area (Å²) in [6.07, 6.45) is 0.841. The van der Waals surface area contributed by atoms with Gasteiger partial charge in [0.05, 0.1) is 5.39 Å². The molecule has 3 rings (SSSR count). The van der Waals surface area contributed by atoms with Crippen molar-refractivity contribution in [3.05, 3.63) is 54.9 Å². The lowest BCUT2D eigenvalue weighted by atomic mass is 10.2. The zero-order valence-electron chi connectivity index (χ0n) is 13.7. The van der Waals surface area contributed by atoms with Crippen LogP contribution in [0.25, 0.3) is 10.2 Å². The zero-order valence-corrected chi connectivity index (χ0v) is 16.1. The summed E-state index contributed by atoms with van der Waals surface area (Å²) >= 11 is 12.8. The van der Waals surface area contributed by atoms with Gasteiger partial charge in [0.1, 0.15) is 11.4 Å². The van der Waals surface area contributed by atoms with Crippen LogP contribution in [0.1, 0.15) is 17.4 Å². The van der Waals surface area contributed by atoms with Crippen molar-refractivity contribution in [2.24, 2.45) is 0 Å². The lowest BCUT2D eigenvalue weighted by Crippen LogP contribution is -2.28. The molecular formula is C17H16ClN3O2S2. The molecule has 0 radical (unpaired) electrons. The molecule has 2 aromatic heterocycles. The molecule has 0 bridgehead atoms. The van der Waals surface area contributed by atoms with Crippen LogP contribution < -0.4 is 10.9 Å². The van der Waals surface area contributed by atoms with Crippen molar-refractivity contribution >= 4 is 57.0 Å². The predicted molar refractivity (Wildman–Crippen MR) is 105 cm³/mol. The minimum absolute atomic E-state index is 0.159. The van der Waals surface area contributed by atoms with Crippen LogP contribution in [0.4, 0.5) is 5.69 Å². The van der Waals surface area contributed by atoms with E-state index in [-0.39, 0.29) is 22.8 Å². The van der Waals surface area contributed by atoms with E-state index in [0.717, 1.165) is 21.7 Å². The van der Waals surface area contributed by atoms with Gasteiger partial charge in [-0.2, -0.15) is 0 Å². The van der Waals surface area contributed by atoms with Crippen molar-refractivity contribution in [1.29, 1.82) is 0 Å². The van der Waals surface area contributed by atoms with Crippen LogP contribution >= 0.6 is 35.2 Å². The lowest BCUT2D eigenvalue weighted by molar-refractivity contribution is -0.116. The molecule has 5 nitrogen and oxygen atoms in total. The number of carbonyl (C=O) groups is 1. The van der Waals surface area contributed by atoms with Crippen molar-refractivity contribution in [2.75, 3.05) is 5.32 Å². The quantitative estimate of drug-likeness (QED) is 0.650. The smallest absolute Gasteiger partial charge is 0.263 e. The van der Waals surface area contributed by atoms with Gasteiger partial charge in [-0.3, -0.25) is 14.2 Å². The van der Waals surface area contributed by atoms with Crippen molar-refractivity contribution in [3.63, 3.8) is 0 Å². The van der Waals surface area contributed by atoms with Gasteiger partial charge < -0.3 is 10.3 Å². The fourth-order valence-corrected chi connectivity index (χ4v) is 3.97. The Bertz CT molecular complexity index is 1080. The maximum absolute atomic E-state index is 12.7. The van der Waals surface area contributed by atoms with Gasteiger partial charge >= 0.3 is 0 Å². The Balaban J connectivity index is 1.92. The maximum Gasteiger partial charge on any atom is 0.263 e. The molecule has 0 atom stereocenters. The van der Waals surface area contributed by atoms with Gasteiger partial charge in [0, 0.05) is 15.6 Å². The number of rotatable bonds is 4. The molecule has 2 N–H and O–H groups in total. The minimum atomic E-state index is -0.336. The molecule has 0 aliphatic carbocycles. The number of amides is 1. The molecular weight excluding hydrogens is 378 g/mol. The second-order valence-corrected chi connectivity index (χ2v) is 7.52.